The Hall–Kier alpha value is -4.32. The SMILES string of the molecule is CC(=O)N1CC[C@H]2CC[C@@H](C(=O)N3CCC(N(Cc4noc(C5CC5)n4)C(C)=O)C3)N2C(=O)C(NC(=O)c2cc3cc(C(F)(F)P(=O)(O)O)ccc3s2)C1. The molecule has 4 fully saturated rings. The summed E-state index contributed by atoms with van der Waals surface area (Å²) in [6.45, 7) is 3.69. The first-order valence-electron chi connectivity index (χ1n) is 17.8. The minimum atomic E-state index is -5.82. The van der Waals surface area contributed by atoms with E-state index in [4.69, 9.17) is 14.3 Å². The molecule has 5 amide bonds. The van der Waals surface area contributed by atoms with E-state index in [-0.39, 0.29) is 72.2 Å². The number of likely N-dealkylation sites (tertiary alicyclic amines) is 1. The molecule has 3 aromatic rings. The summed E-state index contributed by atoms with van der Waals surface area (Å²) in [4.78, 5) is 96.5. The third-order valence-corrected chi connectivity index (χ3v) is 12.8. The summed E-state index contributed by atoms with van der Waals surface area (Å²) in [6.07, 6.45) is 3.81. The van der Waals surface area contributed by atoms with Crippen LogP contribution in [-0.4, -0.2) is 119 Å². The summed E-state index contributed by atoms with van der Waals surface area (Å²) in [6, 6.07) is 1.55. The highest BCUT2D eigenvalue weighted by Gasteiger charge is 2.51. The Bertz CT molecular complexity index is 2050. The number of nitrogens with one attached hydrogen (secondary N) is 1. The number of carbonyl (C=O) groups is 5. The average molecular weight is 792 g/mol. The van der Waals surface area contributed by atoms with Crippen molar-refractivity contribution >= 4 is 58.6 Å². The van der Waals surface area contributed by atoms with E-state index in [0.29, 0.717) is 48.6 Å². The monoisotopic (exact) mass is 791 g/mol. The van der Waals surface area contributed by atoms with Gasteiger partial charge < -0.3 is 39.2 Å². The number of aromatic nitrogens is 2. The van der Waals surface area contributed by atoms with E-state index in [1.165, 1.54) is 35.8 Å². The number of alkyl halides is 2. The van der Waals surface area contributed by atoms with Crippen LogP contribution in [0.2, 0.25) is 0 Å². The van der Waals surface area contributed by atoms with Gasteiger partial charge in [0.2, 0.25) is 29.5 Å². The minimum Gasteiger partial charge on any atom is -0.340 e. The fraction of sp³-hybridized carbons (Fsp3) is 0.559. The molecule has 1 aliphatic carbocycles. The predicted octanol–water partition coefficient (Wildman–Crippen LogP) is 2.75. The van der Waals surface area contributed by atoms with Gasteiger partial charge in [-0.25, -0.2) is 0 Å². The summed E-state index contributed by atoms with van der Waals surface area (Å²) >= 11 is 0.932. The summed E-state index contributed by atoms with van der Waals surface area (Å²) in [5.74, 6) is -0.795. The molecule has 1 aromatic carbocycles. The van der Waals surface area contributed by atoms with Crippen molar-refractivity contribution in [3.05, 3.63) is 46.4 Å². The van der Waals surface area contributed by atoms with Crippen molar-refractivity contribution in [2.75, 3.05) is 26.2 Å². The van der Waals surface area contributed by atoms with Gasteiger partial charge in [0.05, 0.1) is 17.5 Å². The maximum absolute atomic E-state index is 14.4. The molecule has 5 heterocycles. The van der Waals surface area contributed by atoms with Gasteiger partial charge in [-0.1, -0.05) is 11.2 Å². The molecular formula is C34H40F2N7O9PS. The van der Waals surface area contributed by atoms with Crippen LogP contribution in [-0.2, 0) is 36.0 Å². The van der Waals surface area contributed by atoms with Crippen LogP contribution < -0.4 is 5.32 Å². The molecular weight excluding hydrogens is 751 g/mol. The lowest BCUT2D eigenvalue weighted by molar-refractivity contribution is -0.148. The van der Waals surface area contributed by atoms with Crippen molar-refractivity contribution < 1.29 is 51.6 Å². The number of halogens is 2. The van der Waals surface area contributed by atoms with Crippen molar-refractivity contribution in [2.24, 2.45) is 0 Å². The standard InChI is InChI=1S/C34H40F2N7O9PS/c1-18(44)40-11-9-23-6-7-26(33(48)41-12-10-24(15-41)42(19(2)45)17-29-38-31(52-39-29)20-3-4-20)43(23)32(47)25(16-40)37-30(46)28-14-21-13-22(5-8-27(21)54-28)34(35,36)53(49,50)51/h5,8,13-14,20,23-26H,3-4,6-7,9-12,15-17H2,1-2H3,(H,37,46)(H2,49,50,51)/t23-,24?,25?,26+/m1/s1. The molecule has 0 bridgehead atoms. The van der Waals surface area contributed by atoms with Crippen LogP contribution in [0.15, 0.2) is 28.8 Å². The molecule has 4 atom stereocenters. The summed E-state index contributed by atoms with van der Waals surface area (Å²) in [5.41, 5.74) is -5.35. The molecule has 2 aromatic heterocycles. The minimum absolute atomic E-state index is 0.0409. The topological polar surface area (TPSA) is 207 Å². The normalized spacial score (nSPS) is 23.7. The number of benzene rings is 1. The number of rotatable bonds is 9. The van der Waals surface area contributed by atoms with Gasteiger partial charge in [-0.05, 0) is 62.1 Å². The second-order valence-corrected chi connectivity index (χ2v) is 17.2. The molecule has 0 radical (unpaired) electrons. The molecule has 290 valence electrons. The molecule has 16 nitrogen and oxygen atoms in total. The van der Waals surface area contributed by atoms with E-state index in [2.05, 4.69) is 15.5 Å². The van der Waals surface area contributed by atoms with Crippen LogP contribution in [0, 0.1) is 0 Å². The Morgan fingerprint density at radius 3 is 2.46 bits per heavy atom. The fourth-order valence-corrected chi connectivity index (χ4v) is 9.06. The number of amides is 5. The molecule has 2 unspecified atom stereocenters. The van der Waals surface area contributed by atoms with Gasteiger partial charge in [-0.15, -0.1) is 11.3 Å². The molecule has 3 aliphatic heterocycles. The molecule has 3 saturated heterocycles. The zero-order valence-electron chi connectivity index (χ0n) is 29.5. The van der Waals surface area contributed by atoms with Crippen LogP contribution in [0.4, 0.5) is 8.78 Å². The Morgan fingerprint density at radius 2 is 1.78 bits per heavy atom. The Labute approximate surface area is 312 Å². The van der Waals surface area contributed by atoms with Crippen molar-refractivity contribution in [1.29, 1.82) is 0 Å². The molecule has 7 rings (SSSR count). The summed E-state index contributed by atoms with van der Waals surface area (Å²) in [7, 11) is -5.82. The van der Waals surface area contributed by atoms with Gasteiger partial charge in [-0.2, -0.15) is 13.8 Å². The maximum Gasteiger partial charge on any atom is 0.399 e. The Morgan fingerprint density at radius 1 is 1.04 bits per heavy atom. The molecule has 3 N–H and O–H groups in total. The quantitative estimate of drug-likeness (QED) is 0.269. The number of nitrogens with zero attached hydrogens (tertiary/aromatic N) is 6. The first-order valence-corrected chi connectivity index (χ1v) is 20.2. The molecule has 0 spiro atoms. The molecule has 4 aliphatic rings. The summed E-state index contributed by atoms with van der Waals surface area (Å²) < 4.78 is 46.0. The Kier molecular flexibility index (Phi) is 10.1. The van der Waals surface area contributed by atoms with E-state index in [0.717, 1.165) is 36.3 Å². The Balaban J connectivity index is 1.07. The van der Waals surface area contributed by atoms with Crippen LogP contribution in [0.5, 0.6) is 0 Å². The van der Waals surface area contributed by atoms with Gasteiger partial charge in [0, 0.05) is 62.2 Å². The zero-order valence-corrected chi connectivity index (χ0v) is 31.2. The van der Waals surface area contributed by atoms with E-state index < -0.39 is 42.7 Å². The first kappa shape index (κ1) is 38.0. The van der Waals surface area contributed by atoms with Crippen molar-refractivity contribution in [3.8, 4) is 0 Å². The lowest BCUT2D eigenvalue weighted by Gasteiger charge is -2.39. The van der Waals surface area contributed by atoms with Crippen molar-refractivity contribution in [3.63, 3.8) is 0 Å². The maximum atomic E-state index is 14.4. The number of carbonyl (C=O) groups excluding carboxylic acids is 5. The highest BCUT2D eigenvalue weighted by Crippen LogP contribution is 2.59. The lowest BCUT2D eigenvalue weighted by Crippen LogP contribution is -2.61. The second kappa shape index (κ2) is 14.4. The van der Waals surface area contributed by atoms with Crippen LogP contribution >= 0.6 is 18.9 Å². The second-order valence-electron chi connectivity index (χ2n) is 14.4. The lowest BCUT2D eigenvalue weighted by atomic mass is 10.1. The van der Waals surface area contributed by atoms with Gasteiger partial charge in [0.25, 0.3) is 5.91 Å². The van der Waals surface area contributed by atoms with Gasteiger partial charge >= 0.3 is 13.3 Å². The predicted molar refractivity (Wildman–Crippen MR) is 187 cm³/mol. The smallest absolute Gasteiger partial charge is 0.340 e. The molecule has 1 saturated carbocycles. The van der Waals surface area contributed by atoms with E-state index in [9.17, 15) is 37.3 Å². The number of fused-ring (bicyclic) bond motifs is 2. The highest BCUT2D eigenvalue weighted by molar-refractivity contribution is 7.52. The van der Waals surface area contributed by atoms with Gasteiger partial charge in [0.15, 0.2) is 5.82 Å². The van der Waals surface area contributed by atoms with Gasteiger partial charge in [-0.3, -0.25) is 28.5 Å². The van der Waals surface area contributed by atoms with Crippen LogP contribution in [0.25, 0.3) is 10.1 Å². The fourth-order valence-electron chi connectivity index (χ4n) is 7.64. The van der Waals surface area contributed by atoms with Crippen molar-refractivity contribution in [2.45, 2.75) is 94.7 Å². The summed E-state index contributed by atoms with van der Waals surface area (Å²) in [5, 5.41) is 6.89. The number of hydrogen-bond donors (Lipinski definition) is 3. The molecule has 20 heteroatoms. The van der Waals surface area contributed by atoms with Crippen LogP contribution in [0.1, 0.15) is 85.2 Å². The number of thiophene rings is 1. The highest BCUT2D eigenvalue weighted by atomic mass is 32.1. The average Bonchev–Trinajstić information content (AvgIpc) is 3.49. The van der Waals surface area contributed by atoms with E-state index in [1.54, 1.807) is 9.80 Å². The number of hydrogen-bond acceptors (Lipinski definition) is 10. The third-order valence-electron chi connectivity index (χ3n) is 10.7. The van der Waals surface area contributed by atoms with Crippen molar-refractivity contribution in [1.82, 2.24) is 35.1 Å². The van der Waals surface area contributed by atoms with Crippen LogP contribution in [0.3, 0.4) is 0 Å². The van der Waals surface area contributed by atoms with E-state index >= 15 is 0 Å². The largest absolute Gasteiger partial charge is 0.399 e. The van der Waals surface area contributed by atoms with Gasteiger partial charge in [0.1, 0.15) is 12.1 Å². The molecule has 54 heavy (non-hydrogen) atoms. The first-order chi connectivity index (χ1) is 25.5. The third kappa shape index (κ3) is 7.38. The van der Waals surface area contributed by atoms with E-state index in [1.807, 2.05) is 0 Å². The zero-order chi connectivity index (χ0) is 38.7.